The van der Waals surface area contributed by atoms with E-state index >= 15 is 0 Å². The van der Waals surface area contributed by atoms with Gasteiger partial charge in [-0.05, 0) is 24.2 Å². The lowest BCUT2D eigenvalue weighted by atomic mass is 9.90. The number of rotatable bonds is 30. The molecule has 0 amide bonds. The second-order valence-corrected chi connectivity index (χ2v) is 12.8. The van der Waals surface area contributed by atoms with Crippen molar-refractivity contribution in [3.8, 4) is 0 Å². The minimum Gasteiger partial charge on any atom is -0.385 e. The van der Waals surface area contributed by atoms with Crippen molar-refractivity contribution >= 4 is 0 Å². The van der Waals surface area contributed by atoms with Crippen LogP contribution in [0.1, 0.15) is 195 Å². The molecule has 0 aromatic heterocycles. The summed E-state index contributed by atoms with van der Waals surface area (Å²) in [6, 6.07) is 0. The van der Waals surface area contributed by atoms with Gasteiger partial charge in [-0.25, -0.2) is 0 Å². The molecule has 0 aliphatic carbocycles. The fraction of sp³-hybridized carbons (Fsp3) is 1.00. The van der Waals surface area contributed by atoms with Crippen LogP contribution >= 0.6 is 0 Å². The molecule has 0 radical (unpaired) electrons. The summed E-state index contributed by atoms with van der Waals surface area (Å²) in [6.07, 6.45) is 37.5. The van der Waals surface area contributed by atoms with Crippen molar-refractivity contribution in [3.05, 3.63) is 0 Å². The maximum absolute atomic E-state index is 5.11. The fourth-order valence-corrected chi connectivity index (χ4v) is 5.84. The molecule has 0 spiro atoms. The van der Waals surface area contributed by atoms with Crippen LogP contribution in [0.2, 0.25) is 0 Å². The highest BCUT2D eigenvalue weighted by Gasteiger charge is 2.08. The maximum Gasteiger partial charge on any atom is 0.0462 e. The molecule has 0 saturated carbocycles. The van der Waals surface area contributed by atoms with Crippen LogP contribution in [0.5, 0.6) is 0 Å². The van der Waals surface area contributed by atoms with E-state index in [1.165, 1.54) is 167 Å². The molecule has 0 aromatic carbocycles. The van der Waals surface area contributed by atoms with Gasteiger partial charge in [0.2, 0.25) is 0 Å². The van der Waals surface area contributed by atoms with Gasteiger partial charge in [0.05, 0.1) is 0 Å². The summed E-state index contributed by atoms with van der Waals surface area (Å²) in [5, 5.41) is 0. The quantitative estimate of drug-likeness (QED) is 0.0876. The van der Waals surface area contributed by atoms with Crippen molar-refractivity contribution in [1.82, 2.24) is 0 Å². The summed E-state index contributed by atoms with van der Waals surface area (Å²) in [5.74, 6) is 2.84. The van der Waals surface area contributed by atoms with Gasteiger partial charge in [0.1, 0.15) is 0 Å². The van der Waals surface area contributed by atoms with Gasteiger partial charge in [-0.2, -0.15) is 0 Å². The van der Waals surface area contributed by atoms with E-state index in [0.717, 1.165) is 24.4 Å². The first-order valence-corrected chi connectivity index (χ1v) is 17.1. The van der Waals surface area contributed by atoms with E-state index < -0.39 is 0 Å². The highest BCUT2D eigenvalue weighted by atomic mass is 16.5. The molecule has 0 heterocycles. The minimum atomic E-state index is 0.941. The van der Waals surface area contributed by atoms with Gasteiger partial charge in [0.15, 0.2) is 0 Å². The number of hydrogen-bond donors (Lipinski definition) is 0. The Morgan fingerprint density at radius 2 is 0.639 bits per heavy atom. The monoisotopic (exact) mass is 509 g/mol. The first-order chi connectivity index (χ1) is 17.6. The number of ether oxygens (including phenoxy) is 1. The molecule has 1 nitrogen and oxygen atoms in total. The van der Waals surface area contributed by atoms with E-state index in [2.05, 4.69) is 27.7 Å². The third-order valence-corrected chi connectivity index (χ3v) is 8.63. The van der Waals surface area contributed by atoms with Gasteiger partial charge in [-0.1, -0.05) is 188 Å². The van der Waals surface area contributed by atoms with Crippen molar-refractivity contribution in [2.75, 3.05) is 13.7 Å². The molecule has 3 atom stereocenters. The molecule has 0 saturated heterocycles. The van der Waals surface area contributed by atoms with Crippen LogP contribution in [0.3, 0.4) is 0 Å². The standard InChI is InChI=1S/C35H72O/c1-6-7-21-26-33(2)28-24-30-35(4)31-25-29-34(3)27-22-19-17-15-13-11-9-8-10-12-14-16-18-20-23-32-36-5/h33-35H,6-32H2,1-5H3. The molecular weight excluding hydrogens is 436 g/mol. The minimum absolute atomic E-state index is 0.941. The fourth-order valence-electron chi connectivity index (χ4n) is 5.84. The summed E-state index contributed by atoms with van der Waals surface area (Å²) in [6.45, 7) is 10.7. The smallest absolute Gasteiger partial charge is 0.0462 e. The first-order valence-electron chi connectivity index (χ1n) is 17.1. The maximum atomic E-state index is 5.11. The highest BCUT2D eigenvalue weighted by molar-refractivity contribution is 4.61. The van der Waals surface area contributed by atoms with Crippen LogP contribution in [-0.2, 0) is 4.74 Å². The van der Waals surface area contributed by atoms with E-state index in [9.17, 15) is 0 Å². The molecule has 1 heteroatoms. The Balaban J connectivity index is 3.30. The molecule has 0 aliphatic rings. The Kier molecular flexibility index (Phi) is 29.5. The topological polar surface area (TPSA) is 9.23 Å². The molecule has 0 aromatic rings. The Hall–Kier alpha value is -0.0400. The van der Waals surface area contributed by atoms with E-state index in [1.54, 1.807) is 0 Å². The molecule has 218 valence electrons. The van der Waals surface area contributed by atoms with Crippen LogP contribution in [-0.4, -0.2) is 13.7 Å². The predicted molar refractivity (Wildman–Crippen MR) is 165 cm³/mol. The van der Waals surface area contributed by atoms with Gasteiger partial charge >= 0.3 is 0 Å². The van der Waals surface area contributed by atoms with Crippen molar-refractivity contribution in [2.45, 2.75) is 195 Å². The number of methoxy groups -OCH3 is 1. The van der Waals surface area contributed by atoms with Crippen LogP contribution in [0, 0.1) is 17.8 Å². The van der Waals surface area contributed by atoms with E-state index in [-0.39, 0.29) is 0 Å². The first kappa shape index (κ1) is 36.0. The predicted octanol–water partition coefficient (Wildman–Crippen LogP) is 12.7. The van der Waals surface area contributed by atoms with E-state index in [0.29, 0.717) is 0 Å². The van der Waals surface area contributed by atoms with Gasteiger partial charge in [-0.15, -0.1) is 0 Å². The van der Waals surface area contributed by atoms with Crippen LogP contribution in [0.4, 0.5) is 0 Å². The molecule has 0 rings (SSSR count). The Morgan fingerprint density at radius 1 is 0.361 bits per heavy atom. The molecule has 0 bridgehead atoms. The van der Waals surface area contributed by atoms with Gasteiger partial charge in [0.25, 0.3) is 0 Å². The SMILES string of the molecule is CCCCCC(C)CCCC(C)CCCC(C)CCCCCCCCCCCCCCCCCOC. The second kappa shape index (κ2) is 29.5. The largest absolute Gasteiger partial charge is 0.385 e. The van der Waals surface area contributed by atoms with Crippen molar-refractivity contribution in [3.63, 3.8) is 0 Å². The van der Waals surface area contributed by atoms with Crippen molar-refractivity contribution in [2.24, 2.45) is 17.8 Å². The Bertz CT molecular complexity index is 392. The second-order valence-electron chi connectivity index (χ2n) is 12.8. The normalized spacial score (nSPS) is 14.2. The highest BCUT2D eigenvalue weighted by Crippen LogP contribution is 2.23. The van der Waals surface area contributed by atoms with Crippen LogP contribution < -0.4 is 0 Å². The zero-order valence-electron chi connectivity index (χ0n) is 26.2. The van der Waals surface area contributed by atoms with Gasteiger partial charge < -0.3 is 4.74 Å². The average Bonchev–Trinajstić information content (AvgIpc) is 2.86. The summed E-state index contributed by atoms with van der Waals surface area (Å²) < 4.78 is 5.11. The lowest BCUT2D eigenvalue weighted by molar-refractivity contribution is 0.192. The molecule has 0 aliphatic heterocycles. The van der Waals surface area contributed by atoms with E-state index in [4.69, 9.17) is 4.74 Å². The summed E-state index contributed by atoms with van der Waals surface area (Å²) in [5.41, 5.74) is 0. The van der Waals surface area contributed by atoms with Crippen LogP contribution in [0.15, 0.2) is 0 Å². The zero-order chi connectivity index (χ0) is 26.5. The van der Waals surface area contributed by atoms with Gasteiger partial charge in [0, 0.05) is 13.7 Å². The summed E-state index contributed by atoms with van der Waals surface area (Å²) in [7, 11) is 1.81. The lowest BCUT2D eigenvalue weighted by Crippen LogP contribution is -2.01. The summed E-state index contributed by atoms with van der Waals surface area (Å²) in [4.78, 5) is 0. The average molecular weight is 509 g/mol. The molecular formula is C35H72O. The molecule has 36 heavy (non-hydrogen) atoms. The lowest BCUT2D eigenvalue weighted by Gasteiger charge is -2.16. The molecule has 0 N–H and O–H groups in total. The van der Waals surface area contributed by atoms with Gasteiger partial charge in [-0.3, -0.25) is 0 Å². The van der Waals surface area contributed by atoms with Crippen LogP contribution in [0.25, 0.3) is 0 Å². The van der Waals surface area contributed by atoms with Crippen molar-refractivity contribution < 1.29 is 4.74 Å². The number of hydrogen-bond acceptors (Lipinski definition) is 1. The molecule has 0 fully saturated rings. The Labute approximate surface area is 230 Å². The molecule has 3 unspecified atom stereocenters. The Morgan fingerprint density at radius 3 is 0.972 bits per heavy atom. The van der Waals surface area contributed by atoms with E-state index in [1.807, 2.05) is 7.11 Å². The third-order valence-electron chi connectivity index (χ3n) is 8.63. The summed E-state index contributed by atoms with van der Waals surface area (Å²) >= 11 is 0. The number of unbranched alkanes of at least 4 members (excludes halogenated alkanes) is 16. The van der Waals surface area contributed by atoms with Crippen molar-refractivity contribution in [1.29, 1.82) is 0 Å². The third kappa shape index (κ3) is 28.5. The zero-order valence-corrected chi connectivity index (χ0v) is 26.2.